The van der Waals surface area contributed by atoms with Gasteiger partial charge in [-0.25, -0.2) is 4.39 Å². The lowest BCUT2D eigenvalue weighted by molar-refractivity contribution is 0.306. The van der Waals surface area contributed by atoms with Crippen molar-refractivity contribution >= 4 is 6.21 Å². The van der Waals surface area contributed by atoms with E-state index < -0.39 is 0 Å². The molecule has 2 aromatic rings. The summed E-state index contributed by atoms with van der Waals surface area (Å²) in [6.07, 6.45) is 1.34. The van der Waals surface area contributed by atoms with Crippen LogP contribution in [-0.4, -0.2) is 11.4 Å². The first-order chi connectivity index (χ1) is 8.78. The van der Waals surface area contributed by atoms with E-state index in [2.05, 4.69) is 5.16 Å². The largest absolute Gasteiger partial charge is 0.489 e. The maximum Gasteiger partial charge on any atom is 0.123 e. The van der Waals surface area contributed by atoms with Gasteiger partial charge < -0.3 is 9.94 Å². The lowest BCUT2D eigenvalue weighted by Crippen LogP contribution is -1.95. The minimum atomic E-state index is -0.258. The third-order valence-corrected chi connectivity index (χ3v) is 2.41. The first-order valence-electron chi connectivity index (χ1n) is 5.42. The Morgan fingerprint density at radius 2 is 1.72 bits per heavy atom. The molecule has 0 fully saturated rings. The first kappa shape index (κ1) is 12.1. The fraction of sp³-hybridized carbons (Fsp3) is 0.0714. The van der Waals surface area contributed by atoms with Gasteiger partial charge in [0.05, 0.1) is 6.21 Å². The number of nitrogens with zero attached hydrogens (tertiary/aromatic N) is 1. The predicted octanol–water partition coefficient (Wildman–Crippen LogP) is 3.21. The van der Waals surface area contributed by atoms with Crippen LogP contribution in [0.25, 0.3) is 0 Å². The highest BCUT2D eigenvalue weighted by molar-refractivity contribution is 5.79. The average molecular weight is 245 g/mol. The van der Waals surface area contributed by atoms with Crippen LogP contribution in [0.4, 0.5) is 4.39 Å². The summed E-state index contributed by atoms with van der Waals surface area (Å²) in [5, 5.41) is 11.3. The molecule has 0 aliphatic carbocycles. The Morgan fingerprint density at radius 3 is 2.33 bits per heavy atom. The molecule has 0 aliphatic heterocycles. The number of halogens is 1. The zero-order valence-electron chi connectivity index (χ0n) is 9.58. The number of rotatable bonds is 4. The third kappa shape index (κ3) is 3.31. The van der Waals surface area contributed by atoms with Crippen LogP contribution in [0.15, 0.2) is 53.7 Å². The molecule has 0 heterocycles. The lowest BCUT2D eigenvalue weighted by atomic mass is 10.2. The maximum atomic E-state index is 12.7. The minimum Gasteiger partial charge on any atom is -0.489 e. The molecule has 18 heavy (non-hydrogen) atoms. The monoisotopic (exact) mass is 245 g/mol. The van der Waals surface area contributed by atoms with Gasteiger partial charge >= 0.3 is 0 Å². The normalized spacial score (nSPS) is 10.7. The molecule has 0 amide bonds. The van der Waals surface area contributed by atoms with Gasteiger partial charge in [-0.3, -0.25) is 0 Å². The summed E-state index contributed by atoms with van der Waals surface area (Å²) >= 11 is 0. The molecule has 4 heteroatoms. The molecular weight excluding hydrogens is 233 g/mol. The van der Waals surface area contributed by atoms with Crippen molar-refractivity contribution in [3.8, 4) is 5.75 Å². The summed E-state index contributed by atoms with van der Waals surface area (Å²) in [5.74, 6) is 0.445. The van der Waals surface area contributed by atoms with Gasteiger partial charge in [-0.2, -0.15) is 0 Å². The third-order valence-electron chi connectivity index (χ3n) is 2.41. The molecule has 0 saturated heterocycles. The average Bonchev–Trinajstić information content (AvgIpc) is 2.40. The summed E-state index contributed by atoms with van der Waals surface area (Å²) in [6, 6.07) is 13.3. The van der Waals surface area contributed by atoms with Crippen LogP contribution >= 0.6 is 0 Å². The fourth-order valence-corrected chi connectivity index (χ4v) is 1.46. The van der Waals surface area contributed by atoms with Gasteiger partial charge in [-0.1, -0.05) is 17.3 Å². The van der Waals surface area contributed by atoms with Crippen molar-refractivity contribution in [2.45, 2.75) is 6.61 Å². The van der Waals surface area contributed by atoms with E-state index in [0.717, 1.165) is 11.1 Å². The molecule has 0 spiro atoms. The smallest absolute Gasteiger partial charge is 0.123 e. The second-order valence-electron chi connectivity index (χ2n) is 3.73. The Hall–Kier alpha value is -2.36. The molecule has 92 valence electrons. The number of benzene rings is 2. The Balaban J connectivity index is 1.95. The fourth-order valence-electron chi connectivity index (χ4n) is 1.46. The standard InChI is InChI=1S/C14H12FNO2/c15-13-5-1-12(2-6-13)10-18-14-7-3-11(4-8-14)9-16-17/h1-9,17H,10H2/b16-9-. The van der Waals surface area contributed by atoms with E-state index in [4.69, 9.17) is 9.94 Å². The van der Waals surface area contributed by atoms with Gasteiger partial charge in [0.1, 0.15) is 18.2 Å². The highest BCUT2D eigenvalue weighted by atomic mass is 19.1. The number of ether oxygens (including phenoxy) is 1. The van der Waals surface area contributed by atoms with E-state index in [1.807, 2.05) is 0 Å². The van der Waals surface area contributed by atoms with Crippen molar-refractivity contribution < 1.29 is 14.3 Å². The molecule has 2 aromatic carbocycles. The Labute approximate surface area is 104 Å². The highest BCUT2D eigenvalue weighted by Gasteiger charge is 1.97. The van der Waals surface area contributed by atoms with Crippen molar-refractivity contribution in [1.29, 1.82) is 0 Å². The molecule has 1 N–H and O–H groups in total. The first-order valence-corrected chi connectivity index (χ1v) is 5.42. The number of hydrogen-bond acceptors (Lipinski definition) is 3. The number of oxime groups is 1. The SMILES string of the molecule is O/N=C\c1ccc(OCc2ccc(F)cc2)cc1. The summed E-state index contributed by atoms with van der Waals surface area (Å²) in [5.41, 5.74) is 1.68. The van der Waals surface area contributed by atoms with Crippen LogP contribution in [0.3, 0.4) is 0 Å². The highest BCUT2D eigenvalue weighted by Crippen LogP contribution is 2.13. The van der Waals surface area contributed by atoms with Crippen LogP contribution in [0, 0.1) is 5.82 Å². The molecule has 0 aliphatic rings. The molecule has 0 atom stereocenters. The van der Waals surface area contributed by atoms with Crippen LogP contribution in [-0.2, 0) is 6.61 Å². The lowest BCUT2D eigenvalue weighted by Gasteiger charge is -2.06. The van der Waals surface area contributed by atoms with E-state index in [9.17, 15) is 4.39 Å². The van der Waals surface area contributed by atoms with Crippen LogP contribution in [0.2, 0.25) is 0 Å². The van der Waals surface area contributed by atoms with Gasteiger partial charge in [-0.05, 0) is 47.5 Å². The summed E-state index contributed by atoms with van der Waals surface area (Å²) in [6.45, 7) is 0.383. The van der Waals surface area contributed by atoms with Crippen molar-refractivity contribution in [1.82, 2.24) is 0 Å². The van der Waals surface area contributed by atoms with Crippen LogP contribution in [0.1, 0.15) is 11.1 Å². The summed E-state index contributed by atoms with van der Waals surface area (Å²) in [7, 11) is 0. The van der Waals surface area contributed by atoms with Gasteiger partial charge in [0.15, 0.2) is 0 Å². The summed E-state index contributed by atoms with van der Waals surface area (Å²) in [4.78, 5) is 0. The molecule has 0 aromatic heterocycles. The topological polar surface area (TPSA) is 41.8 Å². The molecule has 2 rings (SSSR count). The quantitative estimate of drug-likeness (QED) is 0.510. The summed E-state index contributed by atoms with van der Waals surface area (Å²) < 4.78 is 18.2. The van der Waals surface area contributed by atoms with Crippen LogP contribution < -0.4 is 4.74 Å². The van der Waals surface area contributed by atoms with Gasteiger partial charge in [0, 0.05) is 0 Å². The van der Waals surface area contributed by atoms with Gasteiger partial charge in [-0.15, -0.1) is 0 Å². The molecule has 0 saturated carbocycles. The van der Waals surface area contributed by atoms with E-state index in [-0.39, 0.29) is 5.82 Å². The van der Waals surface area contributed by atoms with Crippen molar-refractivity contribution in [3.63, 3.8) is 0 Å². The van der Waals surface area contributed by atoms with Gasteiger partial charge in [0.25, 0.3) is 0 Å². The Bertz CT molecular complexity index is 520. The van der Waals surface area contributed by atoms with E-state index in [0.29, 0.717) is 12.4 Å². The van der Waals surface area contributed by atoms with Crippen molar-refractivity contribution in [3.05, 3.63) is 65.5 Å². The number of hydrogen-bond donors (Lipinski definition) is 1. The van der Waals surface area contributed by atoms with Gasteiger partial charge in [0.2, 0.25) is 0 Å². The Morgan fingerprint density at radius 1 is 1.06 bits per heavy atom. The van der Waals surface area contributed by atoms with Crippen molar-refractivity contribution in [2.75, 3.05) is 0 Å². The molecule has 3 nitrogen and oxygen atoms in total. The zero-order chi connectivity index (χ0) is 12.8. The Kier molecular flexibility index (Phi) is 3.91. The van der Waals surface area contributed by atoms with E-state index in [1.54, 1.807) is 36.4 Å². The molecule has 0 unspecified atom stereocenters. The van der Waals surface area contributed by atoms with Crippen molar-refractivity contribution in [2.24, 2.45) is 5.16 Å². The van der Waals surface area contributed by atoms with E-state index in [1.165, 1.54) is 18.3 Å². The van der Waals surface area contributed by atoms with E-state index >= 15 is 0 Å². The molecular formula is C14H12FNO2. The van der Waals surface area contributed by atoms with Crippen LogP contribution in [0.5, 0.6) is 5.75 Å². The second kappa shape index (κ2) is 5.82. The second-order valence-corrected chi connectivity index (χ2v) is 3.73. The molecule has 0 bridgehead atoms. The molecule has 0 radical (unpaired) electrons. The minimum absolute atomic E-state index is 0.258. The zero-order valence-corrected chi connectivity index (χ0v) is 9.58. The predicted molar refractivity (Wildman–Crippen MR) is 66.6 cm³/mol. The maximum absolute atomic E-state index is 12.7.